The molecule has 1 heterocycles. The zero-order valence-electron chi connectivity index (χ0n) is 11.9. The quantitative estimate of drug-likeness (QED) is 0.555. The third kappa shape index (κ3) is 3.56. The molecule has 1 aromatic heterocycles. The van der Waals surface area contributed by atoms with Gasteiger partial charge in [0.25, 0.3) is 5.91 Å². The van der Waals surface area contributed by atoms with Crippen molar-refractivity contribution in [2.75, 3.05) is 0 Å². The van der Waals surface area contributed by atoms with Gasteiger partial charge in [-0.1, -0.05) is 12.1 Å². The van der Waals surface area contributed by atoms with Crippen molar-refractivity contribution >= 4 is 12.1 Å². The second-order valence-electron chi connectivity index (χ2n) is 4.60. The monoisotopic (exact) mass is 308 g/mol. The summed E-state index contributed by atoms with van der Waals surface area (Å²) in [6.45, 7) is 0. The van der Waals surface area contributed by atoms with Crippen LogP contribution in [0.15, 0.2) is 60.0 Å². The van der Waals surface area contributed by atoms with E-state index in [9.17, 15) is 9.90 Å². The van der Waals surface area contributed by atoms with Crippen LogP contribution in [0.4, 0.5) is 0 Å². The van der Waals surface area contributed by atoms with Crippen LogP contribution in [0.2, 0.25) is 0 Å². The molecular formula is C15H12N6O2. The molecule has 8 nitrogen and oxygen atoms in total. The normalized spacial score (nSPS) is 10.8. The number of benzene rings is 2. The van der Waals surface area contributed by atoms with Gasteiger partial charge < -0.3 is 5.11 Å². The van der Waals surface area contributed by atoms with Gasteiger partial charge in [0, 0.05) is 5.56 Å². The maximum atomic E-state index is 12.0. The lowest BCUT2D eigenvalue weighted by molar-refractivity contribution is 0.0955. The number of nitrogens with zero attached hydrogens (tertiary/aromatic N) is 5. The third-order valence-corrected chi connectivity index (χ3v) is 2.99. The van der Waals surface area contributed by atoms with Crippen LogP contribution in [0.5, 0.6) is 5.75 Å². The third-order valence-electron chi connectivity index (χ3n) is 2.99. The summed E-state index contributed by atoms with van der Waals surface area (Å²) in [5.74, 6) is -0.205. The fourth-order valence-corrected chi connectivity index (χ4v) is 1.88. The van der Waals surface area contributed by atoms with E-state index in [1.807, 2.05) is 0 Å². The number of phenolic OH excluding ortho intramolecular Hbond substituents is 1. The lowest BCUT2D eigenvalue weighted by Crippen LogP contribution is -2.17. The Morgan fingerprint density at radius 3 is 2.74 bits per heavy atom. The molecule has 1 amide bonds. The Morgan fingerprint density at radius 2 is 2.04 bits per heavy atom. The van der Waals surface area contributed by atoms with Gasteiger partial charge in [0.15, 0.2) is 0 Å². The highest BCUT2D eigenvalue weighted by Crippen LogP contribution is 2.09. The Morgan fingerprint density at radius 1 is 1.22 bits per heavy atom. The summed E-state index contributed by atoms with van der Waals surface area (Å²) in [5, 5.41) is 24.1. The number of hydrogen-bond donors (Lipinski definition) is 2. The molecule has 8 heteroatoms. The fraction of sp³-hybridized carbons (Fsp3) is 0. The first kappa shape index (κ1) is 14.4. The van der Waals surface area contributed by atoms with Crippen molar-refractivity contribution in [2.24, 2.45) is 5.10 Å². The molecule has 0 aliphatic carbocycles. The SMILES string of the molecule is O=C(NN=Cc1cccc(O)c1)c1ccc(-n2cnnn2)cc1. The van der Waals surface area contributed by atoms with Crippen molar-refractivity contribution in [3.63, 3.8) is 0 Å². The summed E-state index contributed by atoms with van der Waals surface area (Å²) < 4.78 is 1.49. The van der Waals surface area contributed by atoms with Crippen LogP contribution in [-0.4, -0.2) is 37.4 Å². The molecule has 0 aliphatic rings. The van der Waals surface area contributed by atoms with Crippen molar-refractivity contribution in [1.29, 1.82) is 0 Å². The van der Waals surface area contributed by atoms with Gasteiger partial charge in [-0.25, -0.2) is 10.1 Å². The Kier molecular flexibility index (Phi) is 4.05. The predicted octanol–water partition coefficient (Wildman–Crippen LogP) is 1.13. The largest absolute Gasteiger partial charge is 0.508 e. The first-order valence-corrected chi connectivity index (χ1v) is 6.68. The van der Waals surface area contributed by atoms with Gasteiger partial charge in [-0.05, 0) is 52.4 Å². The minimum atomic E-state index is -0.343. The van der Waals surface area contributed by atoms with Crippen LogP contribution in [0.3, 0.4) is 0 Å². The molecule has 0 unspecified atom stereocenters. The highest BCUT2D eigenvalue weighted by atomic mass is 16.3. The van der Waals surface area contributed by atoms with Gasteiger partial charge >= 0.3 is 0 Å². The first-order chi connectivity index (χ1) is 11.2. The number of carbonyl (C=O) groups excluding carboxylic acids is 1. The zero-order chi connectivity index (χ0) is 16.1. The zero-order valence-corrected chi connectivity index (χ0v) is 11.9. The van der Waals surface area contributed by atoms with Gasteiger partial charge in [0.05, 0.1) is 11.9 Å². The number of tetrazole rings is 1. The van der Waals surface area contributed by atoms with Gasteiger partial charge in [-0.3, -0.25) is 4.79 Å². The molecule has 0 radical (unpaired) electrons. The average molecular weight is 308 g/mol. The number of phenols is 1. The van der Waals surface area contributed by atoms with E-state index < -0.39 is 0 Å². The lowest BCUT2D eigenvalue weighted by atomic mass is 10.2. The Labute approximate surface area is 131 Å². The van der Waals surface area contributed by atoms with E-state index in [4.69, 9.17) is 0 Å². The molecule has 2 N–H and O–H groups in total. The number of aromatic nitrogens is 4. The second kappa shape index (κ2) is 6.48. The van der Waals surface area contributed by atoms with Gasteiger partial charge in [-0.15, -0.1) is 5.10 Å². The molecular weight excluding hydrogens is 296 g/mol. The van der Waals surface area contributed by atoms with Crippen molar-refractivity contribution in [2.45, 2.75) is 0 Å². The van der Waals surface area contributed by atoms with Crippen LogP contribution in [0, 0.1) is 0 Å². The summed E-state index contributed by atoms with van der Waals surface area (Å²) in [6, 6.07) is 13.3. The summed E-state index contributed by atoms with van der Waals surface area (Å²) in [5.41, 5.74) is 4.30. The van der Waals surface area contributed by atoms with Gasteiger partial charge in [0.2, 0.25) is 0 Å². The predicted molar refractivity (Wildman–Crippen MR) is 82.3 cm³/mol. The maximum Gasteiger partial charge on any atom is 0.271 e. The van der Waals surface area contributed by atoms with E-state index in [1.165, 1.54) is 23.3 Å². The van der Waals surface area contributed by atoms with Crippen LogP contribution >= 0.6 is 0 Å². The minimum Gasteiger partial charge on any atom is -0.508 e. The summed E-state index contributed by atoms with van der Waals surface area (Å²) in [7, 11) is 0. The van der Waals surface area contributed by atoms with Gasteiger partial charge in [-0.2, -0.15) is 5.10 Å². The van der Waals surface area contributed by atoms with Crippen molar-refractivity contribution in [3.05, 3.63) is 66.0 Å². The van der Waals surface area contributed by atoms with E-state index in [0.717, 1.165) is 5.69 Å². The van der Waals surface area contributed by atoms with Crippen LogP contribution in [0.25, 0.3) is 5.69 Å². The smallest absolute Gasteiger partial charge is 0.271 e. The van der Waals surface area contributed by atoms with Crippen LogP contribution in [-0.2, 0) is 0 Å². The van der Waals surface area contributed by atoms with E-state index in [0.29, 0.717) is 11.1 Å². The molecule has 2 aromatic carbocycles. The van der Waals surface area contributed by atoms with Crippen LogP contribution < -0.4 is 5.43 Å². The standard InChI is InChI=1S/C15H12N6O2/c22-14-3-1-2-11(8-14)9-16-18-15(23)12-4-6-13(7-5-12)21-10-17-19-20-21/h1-10,22H,(H,18,23). The minimum absolute atomic E-state index is 0.137. The van der Waals surface area contributed by atoms with Crippen molar-refractivity contribution in [3.8, 4) is 11.4 Å². The molecule has 3 rings (SSSR count). The number of rotatable bonds is 4. The Balaban J connectivity index is 1.64. The molecule has 0 bridgehead atoms. The van der Waals surface area contributed by atoms with E-state index in [2.05, 4.69) is 26.1 Å². The highest BCUT2D eigenvalue weighted by molar-refractivity contribution is 5.95. The first-order valence-electron chi connectivity index (χ1n) is 6.68. The molecule has 114 valence electrons. The highest BCUT2D eigenvalue weighted by Gasteiger charge is 2.05. The summed E-state index contributed by atoms with van der Waals surface area (Å²) >= 11 is 0. The average Bonchev–Trinajstić information content (AvgIpc) is 3.09. The Bertz CT molecular complexity index is 827. The lowest BCUT2D eigenvalue weighted by Gasteiger charge is -2.02. The maximum absolute atomic E-state index is 12.0. The van der Waals surface area contributed by atoms with E-state index in [1.54, 1.807) is 42.5 Å². The molecule has 3 aromatic rings. The fourth-order valence-electron chi connectivity index (χ4n) is 1.88. The number of hydrogen-bond acceptors (Lipinski definition) is 6. The van der Waals surface area contributed by atoms with E-state index >= 15 is 0 Å². The van der Waals surface area contributed by atoms with Crippen molar-refractivity contribution < 1.29 is 9.90 Å². The molecule has 0 fully saturated rings. The molecule has 0 saturated heterocycles. The number of carbonyl (C=O) groups is 1. The van der Waals surface area contributed by atoms with Gasteiger partial charge in [0.1, 0.15) is 12.1 Å². The molecule has 0 atom stereocenters. The number of nitrogens with one attached hydrogen (secondary N) is 1. The molecule has 0 aliphatic heterocycles. The molecule has 0 saturated carbocycles. The summed E-state index contributed by atoms with van der Waals surface area (Å²) in [6.07, 6.45) is 2.92. The van der Waals surface area contributed by atoms with Crippen LogP contribution in [0.1, 0.15) is 15.9 Å². The molecule has 0 spiro atoms. The second-order valence-corrected chi connectivity index (χ2v) is 4.60. The number of aromatic hydroxyl groups is 1. The van der Waals surface area contributed by atoms with E-state index in [-0.39, 0.29) is 11.7 Å². The number of amides is 1. The summed E-state index contributed by atoms with van der Waals surface area (Å²) in [4.78, 5) is 12.0. The number of hydrazone groups is 1. The topological polar surface area (TPSA) is 105 Å². The molecule has 23 heavy (non-hydrogen) atoms. The Hall–Kier alpha value is -3.55. The van der Waals surface area contributed by atoms with Crippen molar-refractivity contribution in [1.82, 2.24) is 25.6 Å².